The quantitative estimate of drug-likeness (QED) is 0.0404. The van der Waals surface area contributed by atoms with Gasteiger partial charge in [-0.15, -0.1) is 0 Å². The first-order valence-electron chi connectivity index (χ1n) is 30.1. The molecule has 548 valence electrons. The van der Waals surface area contributed by atoms with Gasteiger partial charge in [0.05, 0.1) is 57.9 Å². The average Bonchev–Trinajstić information content (AvgIpc) is 0.755. The summed E-state index contributed by atoms with van der Waals surface area (Å²) in [7, 11) is 0. The van der Waals surface area contributed by atoms with Crippen LogP contribution in [0.25, 0.3) is 0 Å². The monoisotopic (exact) mass is 1390 g/mol. The molecule has 7 aliphatic heterocycles. The Kier molecular flexibility index (Phi) is 27.6. The first kappa shape index (κ1) is 78.4. The van der Waals surface area contributed by atoms with Crippen LogP contribution in [0.1, 0.15) is 41.0 Å². The van der Waals surface area contributed by atoms with Gasteiger partial charge in [0.1, 0.15) is 159 Å². The highest BCUT2D eigenvalue weighted by atomic mass is 16.8. The van der Waals surface area contributed by atoms with E-state index < -0.39 is 296 Å². The van der Waals surface area contributed by atoms with Crippen molar-refractivity contribution in [2.75, 3.05) is 39.6 Å². The van der Waals surface area contributed by atoms with Gasteiger partial charge in [0.2, 0.25) is 23.6 Å². The van der Waals surface area contributed by atoms with Crippen LogP contribution in [0.2, 0.25) is 0 Å². The third kappa shape index (κ3) is 17.5. The van der Waals surface area contributed by atoms with Crippen LogP contribution in [0.5, 0.6) is 0 Å². The fraction of sp³-hybridized carbons (Fsp3) is 0.906. The number of carboxylic acid groups (broad SMARTS) is 1. The fourth-order valence-corrected chi connectivity index (χ4v) is 12.2. The lowest BCUT2D eigenvalue weighted by atomic mass is 9.88. The summed E-state index contributed by atoms with van der Waals surface area (Å²) in [6.07, 6.45) is -65.1. The second kappa shape index (κ2) is 33.5. The van der Waals surface area contributed by atoms with Gasteiger partial charge in [-0.05, 0) is 6.92 Å². The van der Waals surface area contributed by atoms with E-state index in [0.29, 0.717) is 0 Å². The Morgan fingerprint density at radius 1 is 0.453 bits per heavy atom. The zero-order chi connectivity index (χ0) is 70.6. The van der Waals surface area contributed by atoms with Crippen molar-refractivity contribution < 1.29 is 188 Å². The number of rotatable bonds is 25. The number of ether oxygens (including phenoxy) is 13. The Balaban J connectivity index is 1.25. The van der Waals surface area contributed by atoms with Gasteiger partial charge in [0.25, 0.3) is 5.79 Å². The summed E-state index contributed by atoms with van der Waals surface area (Å²) in [5.74, 6) is -9.19. The topological polar surface area (TPSA) is 658 Å². The Morgan fingerprint density at radius 2 is 0.895 bits per heavy atom. The maximum absolute atomic E-state index is 13.6. The van der Waals surface area contributed by atoms with Crippen molar-refractivity contribution in [3.63, 3.8) is 0 Å². The second-order valence-corrected chi connectivity index (χ2v) is 24.0. The number of aliphatic carboxylic acids is 1. The van der Waals surface area contributed by atoms with Crippen LogP contribution in [0.3, 0.4) is 0 Å². The second-order valence-electron chi connectivity index (χ2n) is 24.0. The molecule has 7 saturated heterocycles. The summed E-state index contributed by atoms with van der Waals surface area (Å²) in [4.78, 5) is 64.5. The smallest absolute Gasteiger partial charge is 0.364 e. The number of carbonyl (C=O) groups excluding carboxylic acids is 4. The minimum atomic E-state index is -3.41. The van der Waals surface area contributed by atoms with E-state index in [9.17, 15) is 126 Å². The third-order valence-corrected chi connectivity index (χ3v) is 17.1. The van der Waals surface area contributed by atoms with Gasteiger partial charge in [0.15, 0.2) is 37.7 Å². The SMILES string of the molecule is CC(=O)N[C@H]1[C@H](O[C@@H]2[C@@H](NC(C)=O)[C@H](OC[C@H]3OC(O)[C@H](NC(C)=O)[C@@H](O[C@@H]4O[C@H](CO)[C@H](O[C@@H]5O[C@H](CO)[C@H](O)[C@H](O)[C@H]5O)[C@H](O[C@]5(C(=O)O)C[C@H](O)[C@@H](NC(C)=O)[C@H]([C@H](O)[C@H](O)CO)O5)[C@H]4O)[C@H]3O)O[C@H](CO)[C@H]2O[C@@H]2O[C@@H](C)[C@@H](O)[C@@H](O)[C@@H]2O)O[C@H](CO)[C@@H](O)[C@@H]1O. The average molecular weight is 1390 g/mol. The number of aliphatic hydroxyl groups excluding tert-OH is 19. The summed E-state index contributed by atoms with van der Waals surface area (Å²) < 4.78 is 77.2. The molecule has 0 aliphatic carbocycles. The lowest BCUT2D eigenvalue weighted by Gasteiger charge is -2.52. The molecule has 0 aromatic rings. The van der Waals surface area contributed by atoms with Crippen LogP contribution in [-0.2, 0) is 85.6 Å². The van der Waals surface area contributed by atoms with E-state index in [2.05, 4.69) is 21.3 Å². The first-order chi connectivity index (χ1) is 44.7. The Labute approximate surface area is 538 Å². The molecule has 24 N–H and O–H groups in total. The van der Waals surface area contributed by atoms with Crippen molar-refractivity contribution in [2.45, 2.75) is 261 Å². The van der Waals surface area contributed by atoms with Gasteiger partial charge >= 0.3 is 5.97 Å². The van der Waals surface area contributed by atoms with Gasteiger partial charge in [-0.25, -0.2) is 4.79 Å². The van der Waals surface area contributed by atoms with Crippen LogP contribution in [0.4, 0.5) is 0 Å². The molecule has 4 amide bonds. The largest absolute Gasteiger partial charge is 0.477 e. The molecule has 42 heteroatoms. The highest BCUT2D eigenvalue weighted by Crippen LogP contribution is 2.41. The summed E-state index contributed by atoms with van der Waals surface area (Å²) in [6, 6.07) is -7.29. The molecular weight excluding hydrogens is 1300 g/mol. The van der Waals surface area contributed by atoms with E-state index in [4.69, 9.17) is 61.6 Å². The molecule has 7 aliphatic rings. The van der Waals surface area contributed by atoms with E-state index in [1.165, 1.54) is 6.92 Å². The maximum Gasteiger partial charge on any atom is 0.364 e. The fourth-order valence-electron chi connectivity index (χ4n) is 12.2. The molecule has 1 unspecified atom stereocenters. The van der Waals surface area contributed by atoms with Crippen molar-refractivity contribution in [3.8, 4) is 0 Å². The molecule has 0 spiro atoms. The van der Waals surface area contributed by atoms with Crippen molar-refractivity contribution in [1.82, 2.24) is 21.3 Å². The van der Waals surface area contributed by atoms with E-state index >= 15 is 0 Å². The molecule has 0 saturated carbocycles. The van der Waals surface area contributed by atoms with E-state index in [1.807, 2.05) is 0 Å². The van der Waals surface area contributed by atoms with Crippen molar-refractivity contribution in [3.05, 3.63) is 0 Å². The number of hydrogen-bond acceptors (Lipinski definition) is 37. The lowest BCUT2D eigenvalue weighted by molar-refractivity contribution is -0.401. The summed E-state index contributed by atoms with van der Waals surface area (Å²) in [5.41, 5.74) is 0. The zero-order valence-corrected chi connectivity index (χ0v) is 51.4. The normalized spacial score (nSPS) is 46.4. The molecule has 7 fully saturated rings. The lowest BCUT2D eigenvalue weighted by Crippen LogP contribution is -2.72. The highest BCUT2D eigenvalue weighted by Gasteiger charge is 2.63. The number of nitrogens with one attached hydrogen (secondary N) is 4. The maximum atomic E-state index is 13.6. The molecule has 7 heterocycles. The van der Waals surface area contributed by atoms with Crippen LogP contribution < -0.4 is 21.3 Å². The van der Waals surface area contributed by atoms with E-state index in [-0.39, 0.29) is 0 Å². The van der Waals surface area contributed by atoms with Crippen LogP contribution >= 0.6 is 0 Å². The number of carbonyl (C=O) groups is 5. The van der Waals surface area contributed by atoms with Gasteiger partial charge in [-0.3, -0.25) is 19.2 Å². The summed E-state index contributed by atoms with van der Waals surface area (Å²) in [5, 5.41) is 229. The van der Waals surface area contributed by atoms with Crippen LogP contribution in [0, 0.1) is 0 Å². The van der Waals surface area contributed by atoms with E-state index in [0.717, 1.165) is 27.7 Å². The number of hydrogen-bond donors (Lipinski definition) is 24. The van der Waals surface area contributed by atoms with Crippen molar-refractivity contribution in [2.24, 2.45) is 0 Å². The molecule has 0 bridgehead atoms. The molecule has 36 atom stereocenters. The molecule has 42 nitrogen and oxygen atoms in total. The molecule has 0 radical (unpaired) electrons. The van der Waals surface area contributed by atoms with Gasteiger partial charge < -0.3 is 185 Å². The number of carboxylic acids is 1. The van der Waals surface area contributed by atoms with E-state index in [1.54, 1.807) is 0 Å². The van der Waals surface area contributed by atoms with Crippen molar-refractivity contribution >= 4 is 29.6 Å². The minimum absolute atomic E-state index is 0.825. The predicted octanol–water partition coefficient (Wildman–Crippen LogP) is -15.5. The van der Waals surface area contributed by atoms with Gasteiger partial charge in [-0.1, -0.05) is 0 Å². The number of aliphatic hydroxyl groups is 19. The standard InChI is InChI=1S/C53H88N4O38/c1-13-29(69)35(75)37(77)49(84-13)90-40-22(10-61)88-47(28(57-17(5)66)44(40)93-48-26(55-15(3)64)34(74)31(71)20(8-59)86-48)83-12-24-33(73)42(27(46(80)85-24)56-16(4)65)92-51-39(79)45(41(23(11-62)89-51)91-50-38(78)36(76)32(72)21(9-60)87-50)95-53(52(81)82)6-18(67)25(54-14(2)63)43(94-53)30(70)19(68)7-58/h13,18-51,58-62,67-80H,6-12H2,1-5H3,(H,54,63)(H,55,64)(H,56,65)(H,57,66)(H,81,82)/t13-,18-,19+,20+,21+,22+,23+,24+,25+,26+,27+,28+,29+,30+,31+,32-,33-,34+,35+,36-,37-,38+,39+,40+,41-,42+,43+,44+,45+,46?,47+,48-,49-,50-,51-,53-/m0/s1. The zero-order valence-electron chi connectivity index (χ0n) is 51.4. The van der Waals surface area contributed by atoms with Crippen LogP contribution in [0.15, 0.2) is 0 Å². The third-order valence-electron chi connectivity index (χ3n) is 17.1. The molecule has 0 aromatic carbocycles. The Hall–Kier alpha value is -3.93. The summed E-state index contributed by atoms with van der Waals surface area (Å²) >= 11 is 0. The first-order valence-corrected chi connectivity index (χ1v) is 30.1. The van der Waals surface area contributed by atoms with Gasteiger partial charge in [-0.2, -0.15) is 0 Å². The van der Waals surface area contributed by atoms with Crippen molar-refractivity contribution in [1.29, 1.82) is 0 Å². The Bertz CT molecular complexity index is 2520. The van der Waals surface area contributed by atoms with Crippen LogP contribution in [-0.4, -0.2) is 392 Å². The number of amides is 4. The summed E-state index contributed by atoms with van der Waals surface area (Å²) in [6.45, 7) is -1.51. The molecule has 0 aromatic heterocycles. The predicted molar refractivity (Wildman–Crippen MR) is 294 cm³/mol. The van der Waals surface area contributed by atoms with Gasteiger partial charge in [0, 0.05) is 34.1 Å². The Morgan fingerprint density at radius 3 is 1.43 bits per heavy atom. The molecular formula is C53H88N4O38. The highest BCUT2D eigenvalue weighted by molar-refractivity contribution is 5.77. The molecule has 7 rings (SSSR count). The minimum Gasteiger partial charge on any atom is -0.477 e. The molecule has 95 heavy (non-hydrogen) atoms.